The molecule has 0 bridgehead atoms. The number of hydrogen-bond donors (Lipinski definition) is 2. The molecule has 2 unspecified atom stereocenters. The quantitative estimate of drug-likeness (QED) is 0.879. The second-order valence-electron chi connectivity index (χ2n) is 4.84. The molecule has 1 aliphatic rings. The Kier molecular flexibility index (Phi) is 3.10. The highest BCUT2D eigenvalue weighted by atomic mass is 32.1. The summed E-state index contributed by atoms with van der Waals surface area (Å²) in [5.74, 6) is 0.445. The lowest BCUT2D eigenvalue weighted by Gasteiger charge is -2.19. The summed E-state index contributed by atoms with van der Waals surface area (Å²) in [7, 11) is 0. The molecule has 1 aromatic carbocycles. The molecule has 18 heavy (non-hydrogen) atoms. The fourth-order valence-corrected chi connectivity index (χ4v) is 3.47. The summed E-state index contributed by atoms with van der Waals surface area (Å²) in [4.78, 5) is 1.36. The van der Waals surface area contributed by atoms with Crippen molar-refractivity contribution in [1.29, 1.82) is 0 Å². The van der Waals surface area contributed by atoms with Gasteiger partial charge in [0.15, 0.2) is 0 Å². The number of fused-ring (bicyclic) bond motifs is 1. The zero-order valence-corrected chi connectivity index (χ0v) is 11.2. The normalized spacial score (nSPS) is 19.7. The minimum atomic E-state index is 0.364. The maximum Gasteiger partial charge on any atom is 0.119 e. The third kappa shape index (κ3) is 2.04. The Morgan fingerprint density at radius 2 is 2.22 bits per heavy atom. The van der Waals surface area contributed by atoms with Crippen LogP contribution in [0.4, 0.5) is 0 Å². The van der Waals surface area contributed by atoms with E-state index in [0.29, 0.717) is 17.8 Å². The number of benzene rings is 1. The summed E-state index contributed by atoms with van der Waals surface area (Å²) in [5.41, 5.74) is 2.38. The lowest BCUT2D eigenvalue weighted by Crippen LogP contribution is -2.22. The molecule has 1 aromatic heterocycles. The van der Waals surface area contributed by atoms with Gasteiger partial charge >= 0.3 is 0 Å². The molecule has 0 aliphatic heterocycles. The van der Waals surface area contributed by atoms with E-state index in [-0.39, 0.29) is 0 Å². The molecule has 3 heteroatoms. The highest BCUT2D eigenvalue weighted by molar-refractivity contribution is 7.10. The Morgan fingerprint density at radius 3 is 3.00 bits per heavy atom. The van der Waals surface area contributed by atoms with E-state index in [2.05, 4.69) is 35.8 Å². The Balaban J connectivity index is 1.79. The number of thiophene rings is 1. The maximum absolute atomic E-state index is 9.84. The van der Waals surface area contributed by atoms with Crippen molar-refractivity contribution in [2.24, 2.45) is 0 Å². The second-order valence-corrected chi connectivity index (χ2v) is 5.82. The zero-order chi connectivity index (χ0) is 12.5. The standard InChI is InChI=1S/C15H17NOS/c1-10(15-6-3-9-18-15)16-13-8-7-12-11(13)4-2-5-14(12)17/h2-6,9-10,13,16-17H,7-8H2,1H3. The van der Waals surface area contributed by atoms with Crippen LogP contribution >= 0.6 is 11.3 Å². The molecule has 0 saturated carbocycles. The van der Waals surface area contributed by atoms with Crippen LogP contribution in [0.1, 0.15) is 41.4 Å². The van der Waals surface area contributed by atoms with Crippen LogP contribution in [0.2, 0.25) is 0 Å². The van der Waals surface area contributed by atoms with Gasteiger partial charge in [0.05, 0.1) is 0 Å². The summed E-state index contributed by atoms with van der Waals surface area (Å²) < 4.78 is 0. The van der Waals surface area contributed by atoms with Gasteiger partial charge in [-0.15, -0.1) is 11.3 Å². The van der Waals surface area contributed by atoms with Crippen LogP contribution in [0.15, 0.2) is 35.7 Å². The predicted molar refractivity (Wildman–Crippen MR) is 75.0 cm³/mol. The third-order valence-electron chi connectivity index (χ3n) is 3.67. The molecule has 2 atom stereocenters. The molecule has 3 rings (SSSR count). The van der Waals surface area contributed by atoms with Crippen LogP contribution in [-0.2, 0) is 6.42 Å². The van der Waals surface area contributed by atoms with Crippen LogP contribution in [-0.4, -0.2) is 5.11 Å². The lowest BCUT2D eigenvalue weighted by molar-refractivity contribution is 0.469. The Morgan fingerprint density at radius 1 is 1.33 bits per heavy atom. The van der Waals surface area contributed by atoms with Gasteiger partial charge in [0.2, 0.25) is 0 Å². The van der Waals surface area contributed by atoms with E-state index in [0.717, 1.165) is 18.4 Å². The van der Waals surface area contributed by atoms with Gasteiger partial charge in [-0.1, -0.05) is 18.2 Å². The Labute approximate surface area is 111 Å². The highest BCUT2D eigenvalue weighted by Crippen LogP contribution is 2.37. The Hall–Kier alpha value is -1.32. The molecule has 2 N–H and O–H groups in total. The molecule has 0 fully saturated rings. The first-order valence-corrected chi connectivity index (χ1v) is 7.24. The summed E-state index contributed by atoms with van der Waals surface area (Å²) in [6.07, 6.45) is 2.04. The van der Waals surface area contributed by atoms with Gasteiger partial charge in [-0.25, -0.2) is 0 Å². The SMILES string of the molecule is CC(NC1CCc2c(O)cccc21)c1cccs1. The van der Waals surface area contributed by atoms with Crippen LogP contribution in [0.3, 0.4) is 0 Å². The van der Waals surface area contributed by atoms with Crippen molar-refractivity contribution in [2.75, 3.05) is 0 Å². The average molecular weight is 259 g/mol. The summed E-state index contributed by atoms with van der Waals surface area (Å²) in [6.45, 7) is 2.20. The van der Waals surface area contributed by atoms with E-state index in [4.69, 9.17) is 0 Å². The van der Waals surface area contributed by atoms with Gasteiger partial charge in [0, 0.05) is 17.0 Å². The van der Waals surface area contributed by atoms with E-state index in [1.807, 2.05) is 6.07 Å². The summed E-state index contributed by atoms with van der Waals surface area (Å²) >= 11 is 1.79. The third-order valence-corrected chi connectivity index (χ3v) is 4.72. The monoisotopic (exact) mass is 259 g/mol. The zero-order valence-electron chi connectivity index (χ0n) is 10.4. The number of phenols is 1. The molecule has 1 heterocycles. The molecule has 1 aliphatic carbocycles. The van der Waals surface area contributed by atoms with Crippen molar-refractivity contribution in [3.8, 4) is 5.75 Å². The second kappa shape index (κ2) is 4.75. The van der Waals surface area contributed by atoms with Crippen molar-refractivity contribution >= 4 is 11.3 Å². The number of rotatable bonds is 3. The largest absolute Gasteiger partial charge is 0.508 e. The van der Waals surface area contributed by atoms with Gasteiger partial charge in [0.25, 0.3) is 0 Å². The lowest BCUT2D eigenvalue weighted by atomic mass is 10.1. The minimum Gasteiger partial charge on any atom is -0.508 e. The molecule has 0 saturated heterocycles. The van der Waals surface area contributed by atoms with E-state index in [1.54, 1.807) is 17.4 Å². The summed E-state index contributed by atoms with van der Waals surface area (Å²) in [6, 6.07) is 10.8. The number of aromatic hydroxyl groups is 1. The first kappa shape index (κ1) is 11.8. The molecular weight excluding hydrogens is 242 g/mol. The van der Waals surface area contributed by atoms with E-state index < -0.39 is 0 Å². The molecule has 0 spiro atoms. The molecule has 2 aromatic rings. The first-order chi connectivity index (χ1) is 8.75. The van der Waals surface area contributed by atoms with E-state index in [1.165, 1.54) is 10.4 Å². The number of nitrogens with one attached hydrogen (secondary N) is 1. The van der Waals surface area contributed by atoms with Crippen LogP contribution in [0.25, 0.3) is 0 Å². The maximum atomic E-state index is 9.84. The van der Waals surface area contributed by atoms with Crippen LogP contribution in [0.5, 0.6) is 5.75 Å². The van der Waals surface area contributed by atoms with Gasteiger partial charge in [-0.3, -0.25) is 0 Å². The van der Waals surface area contributed by atoms with Crippen molar-refractivity contribution in [3.05, 3.63) is 51.7 Å². The van der Waals surface area contributed by atoms with Gasteiger partial charge in [0.1, 0.15) is 5.75 Å². The van der Waals surface area contributed by atoms with Crippen molar-refractivity contribution < 1.29 is 5.11 Å². The van der Waals surface area contributed by atoms with Crippen molar-refractivity contribution in [1.82, 2.24) is 5.32 Å². The van der Waals surface area contributed by atoms with Crippen molar-refractivity contribution in [3.63, 3.8) is 0 Å². The van der Waals surface area contributed by atoms with Gasteiger partial charge in [-0.05, 0) is 48.4 Å². The smallest absolute Gasteiger partial charge is 0.119 e. The van der Waals surface area contributed by atoms with Crippen LogP contribution < -0.4 is 5.32 Å². The number of hydrogen-bond acceptors (Lipinski definition) is 3. The molecule has 94 valence electrons. The highest BCUT2D eigenvalue weighted by Gasteiger charge is 2.25. The molecular formula is C15H17NOS. The molecule has 2 nitrogen and oxygen atoms in total. The van der Waals surface area contributed by atoms with Crippen molar-refractivity contribution in [2.45, 2.75) is 31.8 Å². The van der Waals surface area contributed by atoms with E-state index >= 15 is 0 Å². The average Bonchev–Trinajstić information content (AvgIpc) is 2.99. The minimum absolute atomic E-state index is 0.364. The topological polar surface area (TPSA) is 32.3 Å². The fourth-order valence-electron chi connectivity index (χ4n) is 2.73. The molecule has 0 radical (unpaired) electrons. The number of phenolic OH excluding ortho intramolecular Hbond substituents is 1. The summed E-state index contributed by atoms with van der Waals surface area (Å²) in [5, 5.41) is 15.6. The fraction of sp³-hybridized carbons (Fsp3) is 0.333. The molecule has 0 amide bonds. The Bertz CT molecular complexity index is 535. The first-order valence-electron chi connectivity index (χ1n) is 6.36. The van der Waals surface area contributed by atoms with Gasteiger partial charge < -0.3 is 10.4 Å². The van der Waals surface area contributed by atoms with Gasteiger partial charge in [-0.2, -0.15) is 0 Å². The van der Waals surface area contributed by atoms with E-state index in [9.17, 15) is 5.11 Å². The predicted octanol–water partition coefficient (Wildman–Crippen LogP) is 3.79. The van der Waals surface area contributed by atoms with Crippen LogP contribution in [0, 0.1) is 0 Å².